The first-order valence-electron chi connectivity index (χ1n) is 4.88. The van der Waals surface area contributed by atoms with Gasteiger partial charge in [0.25, 0.3) is 0 Å². The lowest BCUT2D eigenvalue weighted by molar-refractivity contribution is 0.0479. The number of rotatable bonds is 5. The van der Waals surface area contributed by atoms with Crippen LogP contribution in [0.5, 0.6) is 0 Å². The number of hydrogen-bond acceptors (Lipinski definition) is 2. The second-order valence-electron chi connectivity index (χ2n) is 3.15. The molecule has 75 valence electrons. The van der Waals surface area contributed by atoms with Crippen LogP contribution >= 0.6 is 0 Å². The molecule has 1 atom stereocenters. The van der Waals surface area contributed by atoms with Gasteiger partial charge >= 0.3 is 0 Å². The quantitative estimate of drug-likeness (QED) is 0.668. The second-order valence-corrected chi connectivity index (χ2v) is 3.15. The van der Waals surface area contributed by atoms with Crippen molar-refractivity contribution < 1.29 is 9.53 Å². The molecule has 0 aliphatic carbocycles. The highest BCUT2D eigenvalue weighted by Crippen LogP contribution is 2.05. The molecule has 0 amide bonds. The van der Waals surface area contributed by atoms with Crippen molar-refractivity contribution in [2.24, 2.45) is 0 Å². The number of Topliss-reactive ketones (excluding diaryl/α,β-unsaturated/α-hetero) is 1. The van der Waals surface area contributed by atoms with Crippen LogP contribution in [0.4, 0.5) is 0 Å². The molecule has 1 radical (unpaired) electrons. The minimum Gasteiger partial charge on any atom is -0.370 e. The molecule has 14 heavy (non-hydrogen) atoms. The summed E-state index contributed by atoms with van der Waals surface area (Å²) in [5, 5.41) is 0. The number of ketones is 1. The molecule has 0 saturated heterocycles. The summed E-state index contributed by atoms with van der Waals surface area (Å²) >= 11 is 0. The zero-order valence-corrected chi connectivity index (χ0v) is 8.62. The van der Waals surface area contributed by atoms with Gasteiger partial charge < -0.3 is 4.74 Å². The van der Waals surface area contributed by atoms with Crippen molar-refractivity contribution in [2.75, 3.05) is 6.61 Å². The van der Waals surface area contributed by atoms with Crippen LogP contribution in [0.3, 0.4) is 0 Å². The van der Waals surface area contributed by atoms with E-state index in [-0.39, 0.29) is 11.9 Å². The third kappa shape index (κ3) is 2.96. The van der Waals surface area contributed by atoms with Crippen LogP contribution in [0, 0.1) is 6.07 Å². The fourth-order valence-electron chi connectivity index (χ4n) is 1.14. The van der Waals surface area contributed by atoms with Gasteiger partial charge in [-0.25, -0.2) is 0 Å². The molecule has 0 N–H and O–H groups in total. The van der Waals surface area contributed by atoms with Crippen molar-refractivity contribution in [3.05, 3.63) is 35.9 Å². The molecular formula is C12H15O2. The van der Waals surface area contributed by atoms with Crippen LogP contribution in [0.15, 0.2) is 24.3 Å². The minimum absolute atomic E-state index is 0.000880. The van der Waals surface area contributed by atoms with Gasteiger partial charge in [-0.2, -0.15) is 0 Å². The lowest BCUT2D eigenvalue weighted by Crippen LogP contribution is -2.21. The Bertz CT molecular complexity index is 280. The maximum Gasteiger partial charge on any atom is 0.191 e. The van der Waals surface area contributed by atoms with E-state index < -0.39 is 0 Å². The summed E-state index contributed by atoms with van der Waals surface area (Å²) in [6.07, 6.45) is 0.560. The first kappa shape index (κ1) is 10.9. The normalized spacial score (nSPS) is 12.4. The van der Waals surface area contributed by atoms with E-state index in [1.54, 1.807) is 19.1 Å². The van der Waals surface area contributed by atoms with Gasteiger partial charge in [0.1, 0.15) is 6.10 Å². The third-order valence-corrected chi connectivity index (χ3v) is 1.92. The molecule has 1 aromatic rings. The molecule has 0 aliphatic rings. The average Bonchev–Trinajstić information content (AvgIpc) is 2.26. The Morgan fingerprint density at radius 1 is 1.57 bits per heavy atom. The minimum atomic E-state index is -0.367. The Labute approximate surface area is 84.9 Å². The van der Waals surface area contributed by atoms with Gasteiger partial charge in [-0.05, 0) is 19.4 Å². The van der Waals surface area contributed by atoms with E-state index in [1.165, 1.54) is 0 Å². The lowest BCUT2D eigenvalue weighted by atomic mass is 10.1. The van der Waals surface area contributed by atoms with Gasteiger partial charge in [-0.1, -0.05) is 31.2 Å². The Hall–Kier alpha value is -1.15. The largest absolute Gasteiger partial charge is 0.370 e. The highest BCUT2D eigenvalue weighted by atomic mass is 16.5. The predicted molar refractivity (Wildman–Crippen MR) is 55.3 cm³/mol. The van der Waals surface area contributed by atoms with Crippen LogP contribution in [-0.4, -0.2) is 18.5 Å². The zero-order chi connectivity index (χ0) is 10.4. The van der Waals surface area contributed by atoms with E-state index in [9.17, 15) is 4.79 Å². The molecule has 0 fully saturated rings. The van der Waals surface area contributed by atoms with Gasteiger partial charge in [-0.15, -0.1) is 0 Å². The van der Waals surface area contributed by atoms with Gasteiger partial charge in [0.05, 0.1) is 0 Å². The SMILES string of the molecule is CCCOC(C)C(=O)c1[c]cccc1. The van der Waals surface area contributed by atoms with Crippen molar-refractivity contribution >= 4 is 5.78 Å². The lowest BCUT2D eigenvalue weighted by Gasteiger charge is -2.10. The number of carbonyl (C=O) groups excluding carboxylic acids is 1. The molecule has 1 aromatic carbocycles. The molecule has 1 rings (SSSR count). The standard InChI is InChI=1S/C12H15O2/c1-3-9-14-10(2)12(13)11-7-5-4-6-8-11/h4-7,10H,3,9H2,1-2H3. The summed E-state index contributed by atoms with van der Waals surface area (Å²) < 4.78 is 5.34. The van der Waals surface area contributed by atoms with E-state index in [4.69, 9.17) is 4.74 Å². The maximum absolute atomic E-state index is 11.7. The van der Waals surface area contributed by atoms with Gasteiger partial charge in [-0.3, -0.25) is 4.79 Å². The monoisotopic (exact) mass is 191 g/mol. The highest BCUT2D eigenvalue weighted by Gasteiger charge is 2.14. The van der Waals surface area contributed by atoms with Crippen LogP contribution < -0.4 is 0 Å². The molecule has 0 saturated carbocycles. The van der Waals surface area contributed by atoms with Crippen LogP contribution in [-0.2, 0) is 4.74 Å². The Morgan fingerprint density at radius 2 is 2.36 bits per heavy atom. The number of carbonyl (C=O) groups is 1. The zero-order valence-electron chi connectivity index (χ0n) is 8.62. The summed E-state index contributed by atoms with van der Waals surface area (Å²) in [4.78, 5) is 11.7. The first-order valence-corrected chi connectivity index (χ1v) is 4.88. The second kappa shape index (κ2) is 5.55. The van der Waals surface area contributed by atoms with Gasteiger partial charge in [0.15, 0.2) is 5.78 Å². The maximum atomic E-state index is 11.7. The van der Waals surface area contributed by atoms with Crippen molar-refractivity contribution in [3.8, 4) is 0 Å². The molecule has 0 aliphatic heterocycles. The Kier molecular flexibility index (Phi) is 4.33. The van der Waals surface area contributed by atoms with Crippen molar-refractivity contribution in [3.63, 3.8) is 0 Å². The van der Waals surface area contributed by atoms with Crippen molar-refractivity contribution in [1.29, 1.82) is 0 Å². The van der Waals surface area contributed by atoms with E-state index >= 15 is 0 Å². The fourth-order valence-corrected chi connectivity index (χ4v) is 1.14. The van der Waals surface area contributed by atoms with E-state index in [2.05, 4.69) is 6.07 Å². The van der Waals surface area contributed by atoms with Gasteiger partial charge in [0.2, 0.25) is 0 Å². The Balaban J connectivity index is 2.57. The average molecular weight is 191 g/mol. The van der Waals surface area contributed by atoms with E-state index in [0.29, 0.717) is 12.2 Å². The van der Waals surface area contributed by atoms with Gasteiger partial charge in [0, 0.05) is 12.2 Å². The molecule has 0 heterocycles. The Morgan fingerprint density at radius 3 is 2.93 bits per heavy atom. The summed E-state index contributed by atoms with van der Waals surface area (Å²) in [5.74, 6) is -0.000880. The van der Waals surface area contributed by atoms with Crippen LogP contribution in [0.25, 0.3) is 0 Å². The topological polar surface area (TPSA) is 26.3 Å². The molecule has 2 nitrogen and oxygen atoms in total. The van der Waals surface area contributed by atoms with Crippen molar-refractivity contribution in [2.45, 2.75) is 26.4 Å². The molecular weight excluding hydrogens is 176 g/mol. The number of benzene rings is 1. The summed E-state index contributed by atoms with van der Waals surface area (Å²) in [7, 11) is 0. The highest BCUT2D eigenvalue weighted by molar-refractivity contribution is 5.98. The molecule has 0 aromatic heterocycles. The van der Waals surface area contributed by atoms with Crippen LogP contribution in [0.2, 0.25) is 0 Å². The van der Waals surface area contributed by atoms with E-state index in [1.807, 2.05) is 19.1 Å². The third-order valence-electron chi connectivity index (χ3n) is 1.92. The van der Waals surface area contributed by atoms with E-state index in [0.717, 1.165) is 6.42 Å². The molecule has 0 spiro atoms. The smallest absolute Gasteiger partial charge is 0.191 e. The van der Waals surface area contributed by atoms with Crippen LogP contribution in [0.1, 0.15) is 30.6 Å². The van der Waals surface area contributed by atoms with Crippen molar-refractivity contribution in [1.82, 2.24) is 0 Å². The fraction of sp³-hybridized carbons (Fsp3) is 0.417. The molecule has 1 unspecified atom stereocenters. The predicted octanol–water partition coefficient (Wildman–Crippen LogP) is 2.48. The first-order chi connectivity index (χ1) is 6.75. The summed E-state index contributed by atoms with van der Waals surface area (Å²) in [6.45, 7) is 4.42. The molecule has 0 bridgehead atoms. The molecule has 2 heteroatoms. The summed E-state index contributed by atoms with van der Waals surface area (Å²) in [6, 6.07) is 10.1. The number of hydrogen-bond donors (Lipinski definition) is 0. The summed E-state index contributed by atoms with van der Waals surface area (Å²) in [5.41, 5.74) is 0.594. The number of ether oxygens (including phenoxy) is 1.